The van der Waals surface area contributed by atoms with Gasteiger partial charge in [0.25, 0.3) is 0 Å². The van der Waals surface area contributed by atoms with Gasteiger partial charge in [-0.25, -0.2) is 8.42 Å². The molecule has 0 aliphatic rings. The van der Waals surface area contributed by atoms with E-state index in [0.29, 0.717) is 12.0 Å². The number of benzene rings is 2. The Morgan fingerprint density at radius 1 is 1.05 bits per heavy atom. The number of sulfone groups is 1. The fraction of sp³-hybridized carbons (Fsp3) is 0.250. The number of aliphatic hydroxyl groups is 1. The van der Waals surface area contributed by atoms with Crippen molar-refractivity contribution in [2.24, 2.45) is 5.73 Å². The van der Waals surface area contributed by atoms with E-state index in [1.165, 1.54) is 12.1 Å². The third-order valence-electron chi connectivity index (χ3n) is 3.40. The first kappa shape index (κ1) is 18.6. The highest BCUT2D eigenvalue weighted by atomic mass is 35.5. The lowest BCUT2D eigenvalue weighted by atomic mass is 9.97. The highest BCUT2D eigenvalue weighted by molar-refractivity contribution is 7.90. The van der Waals surface area contributed by atoms with Crippen LogP contribution in [0.2, 0.25) is 0 Å². The van der Waals surface area contributed by atoms with Gasteiger partial charge in [0.05, 0.1) is 17.0 Å². The number of hydrogen-bond acceptors (Lipinski definition) is 4. The van der Waals surface area contributed by atoms with Gasteiger partial charge in [-0.3, -0.25) is 0 Å². The Hall–Kier alpha value is -1.40. The Labute approximate surface area is 137 Å². The fourth-order valence-corrected chi connectivity index (χ4v) is 2.77. The minimum Gasteiger partial charge on any atom is -0.391 e. The van der Waals surface area contributed by atoms with E-state index in [9.17, 15) is 13.5 Å². The van der Waals surface area contributed by atoms with Crippen LogP contribution in [0.25, 0.3) is 0 Å². The molecule has 2 atom stereocenters. The van der Waals surface area contributed by atoms with Crippen LogP contribution >= 0.6 is 12.4 Å². The quantitative estimate of drug-likeness (QED) is 0.872. The molecule has 0 spiro atoms. The zero-order chi connectivity index (χ0) is 15.5. The Morgan fingerprint density at radius 3 is 2.09 bits per heavy atom. The van der Waals surface area contributed by atoms with E-state index in [1.54, 1.807) is 12.1 Å². The zero-order valence-electron chi connectivity index (χ0n) is 12.2. The molecule has 0 radical (unpaired) electrons. The SMILES string of the molecule is CS(=O)(=O)c1ccc([C@@H](N)[C@@H](O)Cc2ccccc2)cc1.Cl. The molecule has 120 valence electrons. The van der Waals surface area contributed by atoms with E-state index in [4.69, 9.17) is 5.73 Å². The van der Waals surface area contributed by atoms with Crippen LogP contribution in [-0.2, 0) is 16.3 Å². The summed E-state index contributed by atoms with van der Waals surface area (Å²) < 4.78 is 22.8. The maximum atomic E-state index is 11.4. The third kappa shape index (κ3) is 4.81. The molecule has 0 saturated carbocycles. The number of rotatable bonds is 5. The molecule has 4 nitrogen and oxygen atoms in total. The minimum atomic E-state index is -3.22. The van der Waals surface area contributed by atoms with Gasteiger partial charge in [-0.1, -0.05) is 42.5 Å². The predicted octanol–water partition coefficient (Wildman–Crippen LogP) is 2.12. The Kier molecular flexibility index (Phi) is 6.56. The van der Waals surface area contributed by atoms with E-state index in [-0.39, 0.29) is 17.3 Å². The second-order valence-corrected chi connectivity index (χ2v) is 7.14. The molecule has 2 aromatic rings. The summed E-state index contributed by atoms with van der Waals surface area (Å²) >= 11 is 0. The standard InChI is InChI=1S/C16H19NO3S.ClH/c1-21(19,20)14-9-7-13(8-10-14)16(17)15(18)11-12-5-3-2-4-6-12;/h2-10,15-16,18H,11,17H2,1H3;1H/t15-,16+;/m0./s1. The molecule has 0 saturated heterocycles. The average Bonchev–Trinajstić information content (AvgIpc) is 2.46. The van der Waals surface area contributed by atoms with E-state index in [0.717, 1.165) is 11.8 Å². The van der Waals surface area contributed by atoms with Crippen LogP contribution in [0.1, 0.15) is 17.2 Å². The summed E-state index contributed by atoms with van der Waals surface area (Å²) in [5.74, 6) is 0. The zero-order valence-corrected chi connectivity index (χ0v) is 13.8. The van der Waals surface area contributed by atoms with Crippen molar-refractivity contribution < 1.29 is 13.5 Å². The highest BCUT2D eigenvalue weighted by Crippen LogP contribution is 2.19. The summed E-state index contributed by atoms with van der Waals surface area (Å²) in [5, 5.41) is 10.2. The van der Waals surface area contributed by atoms with Gasteiger partial charge < -0.3 is 10.8 Å². The maximum absolute atomic E-state index is 11.4. The Morgan fingerprint density at radius 2 is 1.59 bits per heavy atom. The van der Waals surface area contributed by atoms with Crippen molar-refractivity contribution in [3.05, 3.63) is 65.7 Å². The number of aliphatic hydroxyl groups excluding tert-OH is 1. The van der Waals surface area contributed by atoms with Crippen molar-refractivity contribution in [2.75, 3.05) is 6.26 Å². The highest BCUT2D eigenvalue weighted by Gasteiger charge is 2.18. The number of hydrogen-bond donors (Lipinski definition) is 2. The molecule has 0 aliphatic heterocycles. The topological polar surface area (TPSA) is 80.4 Å². The van der Waals surface area contributed by atoms with Crippen molar-refractivity contribution in [1.82, 2.24) is 0 Å². The van der Waals surface area contributed by atoms with Gasteiger partial charge >= 0.3 is 0 Å². The molecule has 0 heterocycles. The largest absolute Gasteiger partial charge is 0.391 e. The number of halogens is 1. The van der Waals surface area contributed by atoms with Crippen LogP contribution in [0.5, 0.6) is 0 Å². The lowest BCUT2D eigenvalue weighted by Crippen LogP contribution is -2.28. The summed E-state index contributed by atoms with van der Waals surface area (Å²) in [5.41, 5.74) is 7.77. The van der Waals surface area contributed by atoms with Gasteiger partial charge in [-0.05, 0) is 23.3 Å². The third-order valence-corrected chi connectivity index (χ3v) is 4.52. The van der Waals surface area contributed by atoms with Crippen molar-refractivity contribution >= 4 is 22.2 Å². The van der Waals surface area contributed by atoms with Crippen molar-refractivity contribution in [3.63, 3.8) is 0 Å². The van der Waals surface area contributed by atoms with Gasteiger partial charge in [0, 0.05) is 12.7 Å². The molecule has 2 rings (SSSR count). The molecule has 0 amide bonds. The number of nitrogens with two attached hydrogens (primary N) is 1. The molecule has 0 aromatic heterocycles. The Balaban J connectivity index is 0.00000242. The average molecular weight is 342 g/mol. The molecule has 0 bridgehead atoms. The second kappa shape index (κ2) is 7.74. The molecule has 0 aliphatic carbocycles. The normalized spacial score (nSPS) is 14.0. The van der Waals surface area contributed by atoms with E-state index in [1.807, 2.05) is 30.3 Å². The molecular formula is C16H20ClNO3S. The van der Waals surface area contributed by atoms with Gasteiger partial charge in [0.2, 0.25) is 0 Å². The van der Waals surface area contributed by atoms with Gasteiger partial charge in [-0.15, -0.1) is 12.4 Å². The van der Waals surface area contributed by atoms with E-state index < -0.39 is 22.0 Å². The van der Waals surface area contributed by atoms with E-state index >= 15 is 0 Å². The lowest BCUT2D eigenvalue weighted by Gasteiger charge is -2.19. The van der Waals surface area contributed by atoms with Crippen LogP contribution < -0.4 is 5.73 Å². The smallest absolute Gasteiger partial charge is 0.175 e. The van der Waals surface area contributed by atoms with Crippen LogP contribution in [0, 0.1) is 0 Å². The maximum Gasteiger partial charge on any atom is 0.175 e. The molecule has 3 N–H and O–H groups in total. The summed E-state index contributed by atoms with van der Waals surface area (Å²) in [6.45, 7) is 0. The summed E-state index contributed by atoms with van der Waals surface area (Å²) in [7, 11) is -3.22. The molecular weight excluding hydrogens is 322 g/mol. The lowest BCUT2D eigenvalue weighted by molar-refractivity contribution is 0.145. The van der Waals surface area contributed by atoms with Crippen molar-refractivity contribution in [2.45, 2.75) is 23.5 Å². The van der Waals surface area contributed by atoms with Gasteiger partial charge in [0.15, 0.2) is 9.84 Å². The first-order valence-electron chi connectivity index (χ1n) is 6.65. The summed E-state index contributed by atoms with van der Waals surface area (Å²) in [6.07, 6.45) is 0.888. The van der Waals surface area contributed by atoms with Crippen LogP contribution in [0.15, 0.2) is 59.5 Å². The first-order valence-corrected chi connectivity index (χ1v) is 8.54. The molecule has 0 unspecified atom stereocenters. The van der Waals surface area contributed by atoms with Gasteiger partial charge in [-0.2, -0.15) is 0 Å². The molecule has 2 aromatic carbocycles. The minimum absolute atomic E-state index is 0. The summed E-state index contributed by atoms with van der Waals surface area (Å²) in [4.78, 5) is 0.246. The van der Waals surface area contributed by atoms with Gasteiger partial charge in [0.1, 0.15) is 0 Å². The second-order valence-electron chi connectivity index (χ2n) is 5.12. The van der Waals surface area contributed by atoms with Crippen molar-refractivity contribution in [3.8, 4) is 0 Å². The van der Waals surface area contributed by atoms with Crippen LogP contribution in [0.4, 0.5) is 0 Å². The predicted molar refractivity (Wildman–Crippen MR) is 89.9 cm³/mol. The monoisotopic (exact) mass is 341 g/mol. The van der Waals surface area contributed by atoms with Crippen molar-refractivity contribution in [1.29, 1.82) is 0 Å². The van der Waals surface area contributed by atoms with Crippen LogP contribution in [0.3, 0.4) is 0 Å². The fourth-order valence-electron chi connectivity index (χ4n) is 2.14. The van der Waals surface area contributed by atoms with Crippen LogP contribution in [-0.4, -0.2) is 25.9 Å². The molecule has 22 heavy (non-hydrogen) atoms. The molecule has 6 heteroatoms. The first-order chi connectivity index (χ1) is 9.88. The summed E-state index contributed by atoms with van der Waals surface area (Å²) in [6, 6.07) is 15.4. The molecule has 0 fully saturated rings. The Bertz CT molecular complexity index is 687. The van der Waals surface area contributed by atoms with E-state index in [2.05, 4.69) is 0 Å².